The maximum atomic E-state index is 10.5. The van der Waals surface area contributed by atoms with Crippen molar-refractivity contribution in [3.63, 3.8) is 0 Å². The normalized spacial score (nSPS) is 25.9. The summed E-state index contributed by atoms with van der Waals surface area (Å²) in [4.78, 5) is 0. The standard InChI is InChI=1S/C14H19BrO2/c1-9-4-3-5-11(9)14(16)12-8-10(15)6-7-13(12)17-2/h6-9,11,14,16H,3-5H2,1-2H3. The van der Waals surface area contributed by atoms with E-state index in [2.05, 4.69) is 22.9 Å². The van der Waals surface area contributed by atoms with Crippen molar-refractivity contribution in [1.82, 2.24) is 0 Å². The van der Waals surface area contributed by atoms with Crippen LogP contribution in [0.2, 0.25) is 0 Å². The highest BCUT2D eigenvalue weighted by Crippen LogP contribution is 2.42. The Morgan fingerprint density at radius 3 is 2.76 bits per heavy atom. The quantitative estimate of drug-likeness (QED) is 0.916. The molecule has 3 unspecified atom stereocenters. The van der Waals surface area contributed by atoms with Gasteiger partial charge in [0, 0.05) is 10.0 Å². The molecule has 1 N–H and O–H groups in total. The third-order valence-corrected chi connectivity index (χ3v) is 4.34. The first-order valence-electron chi connectivity index (χ1n) is 6.15. The monoisotopic (exact) mass is 298 g/mol. The van der Waals surface area contributed by atoms with E-state index in [1.165, 1.54) is 12.8 Å². The zero-order valence-corrected chi connectivity index (χ0v) is 11.9. The topological polar surface area (TPSA) is 29.5 Å². The molecule has 3 heteroatoms. The molecule has 0 saturated heterocycles. The first-order valence-corrected chi connectivity index (χ1v) is 6.94. The average Bonchev–Trinajstić information content (AvgIpc) is 2.74. The molecule has 2 rings (SSSR count). The largest absolute Gasteiger partial charge is 0.496 e. The minimum Gasteiger partial charge on any atom is -0.496 e. The minimum absolute atomic E-state index is 0.359. The predicted octanol–water partition coefficient (Wildman–Crippen LogP) is 3.93. The molecule has 2 nitrogen and oxygen atoms in total. The Morgan fingerprint density at radius 2 is 2.18 bits per heavy atom. The number of hydrogen-bond donors (Lipinski definition) is 1. The second kappa shape index (κ2) is 5.40. The van der Waals surface area contributed by atoms with Gasteiger partial charge in [0.1, 0.15) is 5.75 Å². The Labute approximate surface area is 111 Å². The number of halogens is 1. The average molecular weight is 299 g/mol. The fourth-order valence-electron chi connectivity index (χ4n) is 2.81. The molecule has 17 heavy (non-hydrogen) atoms. The van der Waals surface area contributed by atoms with Crippen LogP contribution >= 0.6 is 15.9 Å². The van der Waals surface area contributed by atoms with Crippen molar-refractivity contribution < 1.29 is 9.84 Å². The van der Waals surface area contributed by atoms with Crippen LogP contribution < -0.4 is 4.74 Å². The lowest BCUT2D eigenvalue weighted by molar-refractivity contribution is 0.0875. The van der Waals surface area contributed by atoms with E-state index in [-0.39, 0.29) is 0 Å². The van der Waals surface area contributed by atoms with Gasteiger partial charge in [-0.25, -0.2) is 0 Å². The fraction of sp³-hybridized carbons (Fsp3) is 0.571. The van der Waals surface area contributed by atoms with Crippen LogP contribution in [-0.4, -0.2) is 12.2 Å². The molecule has 1 aromatic rings. The molecule has 1 aliphatic carbocycles. The highest BCUT2D eigenvalue weighted by Gasteiger charge is 2.32. The van der Waals surface area contributed by atoms with Crippen LogP contribution in [0.4, 0.5) is 0 Å². The Hall–Kier alpha value is -0.540. The zero-order chi connectivity index (χ0) is 12.4. The zero-order valence-electron chi connectivity index (χ0n) is 10.3. The SMILES string of the molecule is COc1ccc(Br)cc1C(O)C1CCCC1C. The van der Waals surface area contributed by atoms with E-state index in [0.717, 1.165) is 22.2 Å². The predicted molar refractivity (Wildman–Crippen MR) is 72.2 cm³/mol. The third-order valence-electron chi connectivity index (χ3n) is 3.84. The van der Waals surface area contributed by atoms with E-state index in [1.807, 2.05) is 18.2 Å². The van der Waals surface area contributed by atoms with Gasteiger partial charge in [-0.15, -0.1) is 0 Å². The van der Waals surface area contributed by atoms with Crippen LogP contribution in [0.1, 0.15) is 37.9 Å². The summed E-state index contributed by atoms with van der Waals surface area (Å²) < 4.78 is 6.32. The molecule has 0 aliphatic heterocycles. The number of benzene rings is 1. The molecule has 1 fully saturated rings. The minimum atomic E-state index is -0.417. The van der Waals surface area contributed by atoms with Crippen LogP contribution in [0.15, 0.2) is 22.7 Å². The summed E-state index contributed by atoms with van der Waals surface area (Å²) in [6, 6.07) is 5.81. The Balaban J connectivity index is 2.28. The molecule has 0 aromatic heterocycles. The molecule has 94 valence electrons. The van der Waals surface area contributed by atoms with Gasteiger partial charge in [0.15, 0.2) is 0 Å². The van der Waals surface area contributed by atoms with Gasteiger partial charge >= 0.3 is 0 Å². The van der Waals surface area contributed by atoms with Crippen molar-refractivity contribution in [3.8, 4) is 5.75 Å². The molecular weight excluding hydrogens is 280 g/mol. The van der Waals surface area contributed by atoms with E-state index >= 15 is 0 Å². The summed E-state index contributed by atoms with van der Waals surface area (Å²) >= 11 is 3.45. The first-order chi connectivity index (χ1) is 8.13. The first kappa shape index (κ1) is 12.9. The summed E-state index contributed by atoms with van der Waals surface area (Å²) in [5.41, 5.74) is 0.903. The number of aliphatic hydroxyl groups is 1. The van der Waals surface area contributed by atoms with E-state index < -0.39 is 6.10 Å². The summed E-state index contributed by atoms with van der Waals surface area (Å²) in [7, 11) is 1.65. The summed E-state index contributed by atoms with van der Waals surface area (Å²) in [5.74, 6) is 1.73. The van der Waals surface area contributed by atoms with Crippen LogP contribution in [0.5, 0.6) is 5.75 Å². The Kier molecular flexibility index (Phi) is 4.10. The van der Waals surface area contributed by atoms with Gasteiger partial charge in [-0.2, -0.15) is 0 Å². The highest BCUT2D eigenvalue weighted by molar-refractivity contribution is 9.10. The van der Waals surface area contributed by atoms with Crippen molar-refractivity contribution in [2.75, 3.05) is 7.11 Å². The van der Waals surface area contributed by atoms with Gasteiger partial charge in [-0.1, -0.05) is 35.7 Å². The van der Waals surface area contributed by atoms with Crippen LogP contribution in [-0.2, 0) is 0 Å². The smallest absolute Gasteiger partial charge is 0.124 e. The maximum Gasteiger partial charge on any atom is 0.124 e. The molecule has 0 radical (unpaired) electrons. The summed E-state index contributed by atoms with van der Waals surface area (Å²) in [5, 5.41) is 10.5. The molecule has 1 saturated carbocycles. The van der Waals surface area contributed by atoms with Crippen LogP contribution in [0.25, 0.3) is 0 Å². The molecular formula is C14H19BrO2. The van der Waals surface area contributed by atoms with Crippen molar-refractivity contribution in [1.29, 1.82) is 0 Å². The molecule has 3 atom stereocenters. The Bertz CT molecular complexity index is 392. The number of hydrogen-bond acceptors (Lipinski definition) is 2. The van der Waals surface area contributed by atoms with Crippen LogP contribution in [0, 0.1) is 11.8 Å². The lowest BCUT2D eigenvalue weighted by atomic mass is 9.88. The van der Waals surface area contributed by atoms with Gasteiger partial charge in [0.2, 0.25) is 0 Å². The second-order valence-corrected chi connectivity index (χ2v) is 5.82. The van der Waals surface area contributed by atoms with Gasteiger partial charge in [-0.05, 0) is 36.5 Å². The number of methoxy groups -OCH3 is 1. The number of rotatable bonds is 3. The van der Waals surface area contributed by atoms with Crippen molar-refractivity contribution in [2.24, 2.45) is 11.8 Å². The van der Waals surface area contributed by atoms with Crippen molar-refractivity contribution >= 4 is 15.9 Å². The lowest BCUT2D eigenvalue weighted by Crippen LogP contribution is -2.15. The molecule has 0 heterocycles. The van der Waals surface area contributed by atoms with E-state index in [9.17, 15) is 5.11 Å². The molecule has 1 aromatic carbocycles. The van der Waals surface area contributed by atoms with Gasteiger partial charge in [0.05, 0.1) is 13.2 Å². The number of ether oxygens (including phenoxy) is 1. The van der Waals surface area contributed by atoms with Gasteiger partial charge in [-0.3, -0.25) is 0 Å². The fourth-order valence-corrected chi connectivity index (χ4v) is 3.19. The van der Waals surface area contributed by atoms with E-state index in [4.69, 9.17) is 4.74 Å². The van der Waals surface area contributed by atoms with Crippen molar-refractivity contribution in [3.05, 3.63) is 28.2 Å². The van der Waals surface area contributed by atoms with E-state index in [1.54, 1.807) is 7.11 Å². The maximum absolute atomic E-state index is 10.5. The summed E-state index contributed by atoms with van der Waals surface area (Å²) in [6.45, 7) is 2.23. The van der Waals surface area contributed by atoms with E-state index in [0.29, 0.717) is 11.8 Å². The third kappa shape index (κ3) is 2.66. The van der Waals surface area contributed by atoms with Crippen molar-refractivity contribution in [2.45, 2.75) is 32.3 Å². The second-order valence-electron chi connectivity index (χ2n) is 4.90. The molecule has 0 amide bonds. The molecule has 1 aliphatic rings. The Morgan fingerprint density at radius 1 is 1.41 bits per heavy atom. The van der Waals surface area contributed by atoms with Crippen LogP contribution in [0.3, 0.4) is 0 Å². The molecule has 0 spiro atoms. The summed E-state index contributed by atoms with van der Waals surface area (Å²) in [6.07, 6.45) is 3.13. The van der Waals surface area contributed by atoms with Gasteiger partial charge < -0.3 is 9.84 Å². The number of aliphatic hydroxyl groups excluding tert-OH is 1. The molecule has 0 bridgehead atoms. The highest BCUT2D eigenvalue weighted by atomic mass is 79.9. The van der Waals surface area contributed by atoms with Gasteiger partial charge in [0.25, 0.3) is 0 Å². The lowest BCUT2D eigenvalue weighted by Gasteiger charge is -2.24.